The third kappa shape index (κ3) is 4.40. The second-order valence-electron chi connectivity index (χ2n) is 10.2. The van der Waals surface area contributed by atoms with Crippen LogP contribution < -0.4 is 5.56 Å². The lowest BCUT2D eigenvalue weighted by molar-refractivity contribution is -0.137. The molecular formula is C28H26F4N4O2. The van der Waals surface area contributed by atoms with Crippen molar-refractivity contribution in [1.82, 2.24) is 19.3 Å². The van der Waals surface area contributed by atoms with Gasteiger partial charge in [0, 0.05) is 36.5 Å². The molecule has 0 N–H and O–H groups in total. The lowest BCUT2D eigenvalue weighted by Gasteiger charge is -2.30. The molecule has 0 bridgehead atoms. The van der Waals surface area contributed by atoms with Crippen LogP contribution in [-0.2, 0) is 18.0 Å². The molecule has 0 radical (unpaired) electrons. The van der Waals surface area contributed by atoms with Gasteiger partial charge in [-0.2, -0.15) is 18.3 Å². The highest BCUT2D eigenvalue weighted by atomic mass is 19.4. The van der Waals surface area contributed by atoms with Crippen LogP contribution in [-0.4, -0.2) is 25.9 Å². The minimum absolute atomic E-state index is 0.00954. The Labute approximate surface area is 215 Å². The number of alkyl halides is 3. The van der Waals surface area contributed by atoms with Crippen LogP contribution in [0.2, 0.25) is 0 Å². The average molecular weight is 527 g/mol. The van der Waals surface area contributed by atoms with Crippen LogP contribution in [0.4, 0.5) is 17.6 Å². The lowest BCUT2D eigenvalue weighted by Crippen LogP contribution is -2.22. The summed E-state index contributed by atoms with van der Waals surface area (Å²) < 4.78 is 64.2. The Hall–Kier alpha value is -3.53. The van der Waals surface area contributed by atoms with Crippen LogP contribution in [0.3, 0.4) is 0 Å². The van der Waals surface area contributed by atoms with Crippen LogP contribution in [0.5, 0.6) is 0 Å². The van der Waals surface area contributed by atoms with Gasteiger partial charge in [0.1, 0.15) is 11.6 Å². The van der Waals surface area contributed by atoms with Crippen molar-refractivity contribution >= 4 is 10.9 Å². The van der Waals surface area contributed by atoms with Gasteiger partial charge in [-0.3, -0.25) is 14.0 Å². The van der Waals surface area contributed by atoms with Gasteiger partial charge in [0.05, 0.1) is 34.8 Å². The van der Waals surface area contributed by atoms with E-state index in [-0.39, 0.29) is 28.7 Å². The number of rotatable bonds is 4. The highest BCUT2D eigenvalue weighted by Crippen LogP contribution is 2.42. The number of hydrogen-bond acceptors (Lipinski definition) is 4. The number of hydrogen-bond donors (Lipinski definition) is 0. The smallest absolute Gasteiger partial charge is 0.373 e. The van der Waals surface area contributed by atoms with Crippen molar-refractivity contribution in [3.05, 3.63) is 81.4 Å². The number of nitrogens with zero attached hydrogens (tertiary/aromatic N) is 4. The summed E-state index contributed by atoms with van der Waals surface area (Å²) in [7, 11) is 1.61. The van der Waals surface area contributed by atoms with Gasteiger partial charge in [-0.1, -0.05) is 6.07 Å². The summed E-state index contributed by atoms with van der Waals surface area (Å²) in [5, 5.41) is 4.77. The predicted molar refractivity (Wildman–Crippen MR) is 133 cm³/mol. The van der Waals surface area contributed by atoms with Crippen molar-refractivity contribution in [2.45, 2.75) is 56.8 Å². The predicted octanol–water partition coefficient (Wildman–Crippen LogP) is 6.23. The SMILES string of the molecule is Cc1nc2c(-c3ccc(C(F)(F)F)cc3F)cc(C3CCOC(c4cnn(C5CC5)c4)C3)cc2c(=O)n1C. The Bertz CT molecular complexity index is 1600. The minimum Gasteiger partial charge on any atom is -0.373 e. The van der Waals surface area contributed by atoms with Gasteiger partial charge in [-0.05, 0) is 68.4 Å². The molecule has 2 unspecified atom stereocenters. The summed E-state index contributed by atoms with van der Waals surface area (Å²) in [6, 6.07) is 6.47. The normalized spacial score (nSPS) is 20.3. The number of fused-ring (bicyclic) bond motifs is 1. The fourth-order valence-electron chi connectivity index (χ4n) is 5.25. The highest BCUT2D eigenvalue weighted by molar-refractivity contribution is 5.94. The number of aryl methyl sites for hydroxylation is 1. The Morgan fingerprint density at radius 3 is 2.55 bits per heavy atom. The van der Waals surface area contributed by atoms with E-state index < -0.39 is 17.6 Å². The van der Waals surface area contributed by atoms with Crippen LogP contribution in [0.25, 0.3) is 22.0 Å². The Balaban J connectivity index is 1.45. The molecule has 6 nitrogen and oxygen atoms in total. The number of benzene rings is 2. The largest absolute Gasteiger partial charge is 0.416 e. The molecule has 1 saturated heterocycles. The van der Waals surface area contributed by atoms with E-state index in [1.165, 1.54) is 4.57 Å². The molecule has 0 amide bonds. The Morgan fingerprint density at radius 2 is 1.84 bits per heavy atom. The van der Waals surface area contributed by atoms with Crippen molar-refractivity contribution < 1.29 is 22.3 Å². The van der Waals surface area contributed by atoms with Crippen molar-refractivity contribution in [2.24, 2.45) is 7.05 Å². The summed E-state index contributed by atoms with van der Waals surface area (Å²) in [5.74, 6) is -0.608. The molecule has 1 aliphatic heterocycles. The molecule has 2 atom stereocenters. The molecule has 38 heavy (non-hydrogen) atoms. The molecular weight excluding hydrogens is 500 g/mol. The third-order valence-corrected chi connectivity index (χ3v) is 7.68. The van der Waals surface area contributed by atoms with Crippen molar-refractivity contribution in [2.75, 3.05) is 6.61 Å². The van der Waals surface area contributed by atoms with E-state index in [1.54, 1.807) is 26.1 Å². The molecule has 6 rings (SSSR count). The molecule has 2 aliphatic rings. The molecule has 2 fully saturated rings. The van der Waals surface area contributed by atoms with E-state index in [4.69, 9.17) is 4.74 Å². The van der Waals surface area contributed by atoms with Gasteiger partial charge >= 0.3 is 6.18 Å². The van der Waals surface area contributed by atoms with Crippen LogP contribution in [0.15, 0.2) is 47.5 Å². The topological polar surface area (TPSA) is 61.9 Å². The first kappa shape index (κ1) is 24.8. The van der Waals surface area contributed by atoms with Crippen molar-refractivity contribution in [3.8, 4) is 11.1 Å². The van der Waals surface area contributed by atoms with Gasteiger partial charge in [-0.25, -0.2) is 9.37 Å². The maximum atomic E-state index is 15.2. The zero-order chi connectivity index (χ0) is 26.8. The zero-order valence-corrected chi connectivity index (χ0v) is 20.9. The van der Waals surface area contributed by atoms with Gasteiger partial charge in [0.2, 0.25) is 0 Å². The number of halogens is 4. The first-order valence-corrected chi connectivity index (χ1v) is 12.6. The second-order valence-corrected chi connectivity index (χ2v) is 10.2. The molecule has 4 aromatic rings. The fraction of sp³-hybridized carbons (Fsp3) is 0.393. The molecule has 198 valence electrons. The summed E-state index contributed by atoms with van der Waals surface area (Å²) in [6.45, 7) is 2.16. The molecule has 0 spiro atoms. The lowest BCUT2D eigenvalue weighted by atomic mass is 9.84. The van der Waals surface area contributed by atoms with Gasteiger partial charge in [-0.15, -0.1) is 0 Å². The monoisotopic (exact) mass is 526 g/mol. The van der Waals surface area contributed by atoms with E-state index in [9.17, 15) is 18.0 Å². The van der Waals surface area contributed by atoms with Crippen LogP contribution >= 0.6 is 0 Å². The highest BCUT2D eigenvalue weighted by Gasteiger charge is 2.32. The maximum absolute atomic E-state index is 15.2. The van der Waals surface area contributed by atoms with E-state index >= 15 is 4.39 Å². The summed E-state index contributed by atoms with van der Waals surface area (Å²) in [5.41, 5.74) is 0.966. The van der Waals surface area contributed by atoms with Gasteiger partial charge < -0.3 is 4.74 Å². The first-order valence-electron chi connectivity index (χ1n) is 12.6. The Morgan fingerprint density at radius 1 is 1.05 bits per heavy atom. The van der Waals surface area contributed by atoms with Crippen LogP contribution in [0, 0.1) is 12.7 Å². The van der Waals surface area contributed by atoms with Crippen LogP contribution in [0.1, 0.15) is 66.3 Å². The Kier molecular flexibility index (Phi) is 5.90. The maximum Gasteiger partial charge on any atom is 0.416 e. The molecule has 10 heteroatoms. The van der Waals surface area contributed by atoms with E-state index in [1.807, 2.05) is 17.1 Å². The molecule has 1 saturated carbocycles. The van der Waals surface area contributed by atoms with Gasteiger partial charge in [0.15, 0.2) is 0 Å². The summed E-state index contributed by atoms with van der Waals surface area (Å²) in [4.78, 5) is 17.8. The molecule has 1 aliphatic carbocycles. The van der Waals surface area contributed by atoms with E-state index in [2.05, 4.69) is 10.1 Å². The quantitative estimate of drug-likeness (QED) is 0.296. The molecule has 3 heterocycles. The fourth-order valence-corrected chi connectivity index (χ4v) is 5.25. The zero-order valence-electron chi connectivity index (χ0n) is 20.9. The molecule has 2 aromatic heterocycles. The van der Waals surface area contributed by atoms with Gasteiger partial charge in [0.25, 0.3) is 5.56 Å². The summed E-state index contributed by atoms with van der Waals surface area (Å²) in [6.07, 6.45) is 2.58. The average Bonchev–Trinajstić information content (AvgIpc) is 3.63. The number of aromatic nitrogens is 4. The van der Waals surface area contributed by atoms with E-state index in [0.29, 0.717) is 48.3 Å². The van der Waals surface area contributed by atoms with Crippen molar-refractivity contribution in [3.63, 3.8) is 0 Å². The number of ether oxygens (including phenoxy) is 1. The minimum atomic E-state index is -4.67. The molecule has 2 aromatic carbocycles. The third-order valence-electron chi connectivity index (χ3n) is 7.68. The second kappa shape index (κ2) is 9.04. The van der Waals surface area contributed by atoms with E-state index in [0.717, 1.165) is 36.1 Å². The summed E-state index contributed by atoms with van der Waals surface area (Å²) >= 11 is 0. The first-order chi connectivity index (χ1) is 18.1. The standard InChI is InChI=1S/C28H26F4N4O2/c1-15-34-26-22(21-6-3-19(12-24(21)29)28(30,31)32)9-17(10-23(26)27(37)35(15)2)16-7-8-38-25(11-16)18-13-33-36(14-18)20-4-5-20/h3,6,9-10,12-14,16,20,25H,4-5,7-8,11H2,1-2H3. The van der Waals surface area contributed by atoms with Crippen molar-refractivity contribution in [1.29, 1.82) is 0 Å².